The zero-order valence-corrected chi connectivity index (χ0v) is 18.0. The summed E-state index contributed by atoms with van der Waals surface area (Å²) >= 11 is 1.58. The first kappa shape index (κ1) is 20.3. The summed E-state index contributed by atoms with van der Waals surface area (Å²) in [4.78, 5) is 21.4. The maximum absolute atomic E-state index is 13.3. The summed E-state index contributed by atoms with van der Waals surface area (Å²) in [5.41, 5.74) is 3.99. The molecule has 0 saturated heterocycles. The highest BCUT2D eigenvalue weighted by atomic mass is 32.1. The Labute approximate surface area is 170 Å². The molecule has 3 rings (SSSR count). The van der Waals surface area contributed by atoms with Crippen LogP contribution in [0.4, 0.5) is 5.13 Å². The van der Waals surface area contributed by atoms with Crippen LogP contribution in [0.1, 0.15) is 27.9 Å². The molecule has 0 aliphatic carbocycles. The van der Waals surface area contributed by atoms with Crippen molar-refractivity contribution in [3.8, 4) is 5.75 Å². The number of hydrogen-bond donors (Lipinski definition) is 1. The molecule has 1 heterocycles. The monoisotopic (exact) mass is 398 g/mol. The van der Waals surface area contributed by atoms with Crippen molar-refractivity contribution in [2.75, 3.05) is 39.2 Å². The van der Waals surface area contributed by atoms with E-state index in [2.05, 4.69) is 40.1 Å². The smallest absolute Gasteiger partial charge is 0.260 e. The van der Waals surface area contributed by atoms with Gasteiger partial charge in [-0.3, -0.25) is 9.69 Å². The van der Waals surface area contributed by atoms with E-state index in [0.717, 1.165) is 28.3 Å². The number of carbonyl (C=O) groups is 1. The lowest BCUT2D eigenvalue weighted by Crippen LogP contribution is -3.05. The Morgan fingerprint density at radius 1 is 1.21 bits per heavy atom. The van der Waals surface area contributed by atoms with Crippen LogP contribution in [-0.4, -0.2) is 45.2 Å². The molecule has 0 fully saturated rings. The fourth-order valence-corrected chi connectivity index (χ4v) is 4.17. The van der Waals surface area contributed by atoms with Gasteiger partial charge >= 0.3 is 0 Å². The number of anilines is 1. The van der Waals surface area contributed by atoms with Crippen LogP contribution in [0.2, 0.25) is 0 Å². The number of rotatable bonds is 7. The molecule has 28 heavy (non-hydrogen) atoms. The second-order valence-corrected chi connectivity index (χ2v) is 8.36. The third-order valence-corrected chi connectivity index (χ3v) is 5.97. The van der Waals surface area contributed by atoms with Gasteiger partial charge in [-0.05, 0) is 49.2 Å². The number of nitrogens with zero attached hydrogens (tertiary/aromatic N) is 2. The second kappa shape index (κ2) is 8.71. The fraction of sp³-hybridized carbons (Fsp3) is 0.364. The maximum Gasteiger partial charge on any atom is 0.260 e. The molecule has 5 nitrogen and oxygen atoms in total. The van der Waals surface area contributed by atoms with Crippen molar-refractivity contribution in [2.45, 2.75) is 20.3 Å². The summed E-state index contributed by atoms with van der Waals surface area (Å²) < 4.78 is 6.40. The Balaban J connectivity index is 1.98. The number of aromatic nitrogens is 1. The lowest BCUT2D eigenvalue weighted by Gasteiger charge is -2.20. The van der Waals surface area contributed by atoms with Crippen LogP contribution in [0, 0.1) is 13.8 Å². The van der Waals surface area contributed by atoms with E-state index in [9.17, 15) is 4.79 Å². The number of hydrogen-bond acceptors (Lipinski definition) is 4. The Morgan fingerprint density at radius 3 is 2.71 bits per heavy atom. The topological polar surface area (TPSA) is 46.9 Å². The lowest BCUT2D eigenvalue weighted by atomic mass is 10.1. The number of quaternary nitrogens is 1. The number of fused-ring (bicyclic) bond motifs is 1. The van der Waals surface area contributed by atoms with Crippen LogP contribution in [0.25, 0.3) is 10.2 Å². The molecule has 1 N–H and O–H groups in total. The zero-order valence-electron chi connectivity index (χ0n) is 17.2. The third kappa shape index (κ3) is 4.34. The molecule has 0 unspecified atom stereocenters. The molecular formula is C22H28N3O2S+. The zero-order chi connectivity index (χ0) is 20.3. The summed E-state index contributed by atoms with van der Waals surface area (Å²) in [6.07, 6.45) is 0.909. The average molecular weight is 399 g/mol. The predicted molar refractivity (Wildman–Crippen MR) is 116 cm³/mol. The van der Waals surface area contributed by atoms with Crippen LogP contribution in [0.5, 0.6) is 5.75 Å². The van der Waals surface area contributed by atoms with Crippen molar-refractivity contribution >= 4 is 32.6 Å². The van der Waals surface area contributed by atoms with Gasteiger partial charge in [0.25, 0.3) is 5.91 Å². The molecule has 0 aliphatic heterocycles. The molecule has 0 aliphatic rings. The number of carbonyl (C=O) groups excluding carboxylic acids is 1. The first-order chi connectivity index (χ1) is 13.4. The van der Waals surface area contributed by atoms with Crippen molar-refractivity contribution in [3.05, 3.63) is 53.1 Å². The Morgan fingerprint density at radius 2 is 2.00 bits per heavy atom. The van der Waals surface area contributed by atoms with Gasteiger partial charge in [-0.1, -0.05) is 23.5 Å². The summed E-state index contributed by atoms with van der Waals surface area (Å²) in [7, 11) is 5.86. The number of aryl methyl sites for hydroxylation is 2. The molecule has 0 atom stereocenters. The molecule has 1 aromatic heterocycles. The van der Waals surface area contributed by atoms with E-state index in [-0.39, 0.29) is 5.91 Å². The van der Waals surface area contributed by atoms with Gasteiger partial charge in [0.15, 0.2) is 5.13 Å². The van der Waals surface area contributed by atoms with Crippen molar-refractivity contribution in [1.29, 1.82) is 0 Å². The number of thiazole rings is 1. The summed E-state index contributed by atoms with van der Waals surface area (Å²) in [5.74, 6) is 0.639. The summed E-state index contributed by atoms with van der Waals surface area (Å²) in [6.45, 7) is 5.81. The number of amides is 1. The Kier molecular flexibility index (Phi) is 6.31. The van der Waals surface area contributed by atoms with Crippen LogP contribution in [0.15, 0.2) is 36.4 Å². The van der Waals surface area contributed by atoms with E-state index < -0.39 is 0 Å². The van der Waals surface area contributed by atoms with Crippen LogP contribution >= 0.6 is 11.3 Å². The van der Waals surface area contributed by atoms with Crippen LogP contribution in [0.3, 0.4) is 0 Å². The number of ether oxygens (including phenoxy) is 1. The SMILES string of the molecule is COc1cccc(C(=O)N(CCC[NH+](C)C)c2nc3c(C)c(C)ccc3s2)c1. The van der Waals surface area contributed by atoms with E-state index in [1.165, 1.54) is 16.0 Å². The van der Waals surface area contributed by atoms with E-state index in [1.54, 1.807) is 24.5 Å². The van der Waals surface area contributed by atoms with Gasteiger partial charge < -0.3 is 9.64 Å². The molecule has 0 radical (unpaired) electrons. The number of nitrogens with one attached hydrogen (secondary N) is 1. The minimum atomic E-state index is -0.0407. The minimum absolute atomic E-state index is 0.0407. The lowest BCUT2D eigenvalue weighted by molar-refractivity contribution is -0.858. The van der Waals surface area contributed by atoms with Crippen molar-refractivity contribution in [3.63, 3.8) is 0 Å². The predicted octanol–water partition coefficient (Wildman–Crippen LogP) is 3.10. The standard InChI is InChI=1S/C22H27N3O2S/c1-15-10-11-19-20(16(15)2)23-22(28-19)25(13-7-12-24(3)4)21(26)17-8-6-9-18(14-17)27-5/h6,8-11,14H,7,12-13H2,1-5H3/p+1. The molecule has 0 bridgehead atoms. The molecule has 2 aromatic carbocycles. The first-order valence-corrected chi connectivity index (χ1v) is 10.3. The number of methoxy groups -OCH3 is 1. The molecule has 1 amide bonds. The van der Waals surface area contributed by atoms with Crippen LogP contribution in [-0.2, 0) is 0 Å². The van der Waals surface area contributed by atoms with Crippen LogP contribution < -0.4 is 14.5 Å². The third-order valence-electron chi connectivity index (χ3n) is 4.92. The van der Waals surface area contributed by atoms with Gasteiger partial charge in [-0.15, -0.1) is 0 Å². The maximum atomic E-state index is 13.3. The average Bonchev–Trinajstić information content (AvgIpc) is 3.12. The van der Waals surface area contributed by atoms with E-state index >= 15 is 0 Å². The second-order valence-electron chi connectivity index (χ2n) is 7.35. The Hall–Kier alpha value is -2.44. The van der Waals surface area contributed by atoms with Crippen molar-refractivity contribution < 1.29 is 14.4 Å². The highest BCUT2D eigenvalue weighted by Crippen LogP contribution is 2.33. The highest BCUT2D eigenvalue weighted by molar-refractivity contribution is 7.22. The molecular weight excluding hydrogens is 370 g/mol. The van der Waals surface area contributed by atoms with Gasteiger partial charge in [0, 0.05) is 18.5 Å². The molecule has 148 valence electrons. The van der Waals surface area contributed by atoms with Gasteiger partial charge in [0.2, 0.25) is 0 Å². The van der Waals surface area contributed by atoms with Gasteiger partial charge in [0.1, 0.15) is 5.75 Å². The Bertz CT molecular complexity index is 981. The van der Waals surface area contributed by atoms with Crippen molar-refractivity contribution in [1.82, 2.24) is 4.98 Å². The minimum Gasteiger partial charge on any atom is -0.497 e. The molecule has 3 aromatic rings. The van der Waals surface area contributed by atoms with Gasteiger partial charge in [-0.25, -0.2) is 4.98 Å². The summed E-state index contributed by atoms with van der Waals surface area (Å²) in [5, 5.41) is 0.755. The number of benzene rings is 2. The largest absolute Gasteiger partial charge is 0.497 e. The van der Waals surface area contributed by atoms with E-state index in [4.69, 9.17) is 9.72 Å². The molecule has 6 heteroatoms. The van der Waals surface area contributed by atoms with Gasteiger partial charge in [0.05, 0.1) is 38.0 Å². The fourth-order valence-electron chi connectivity index (χ4n) is 3.12. The molecule has 0 saturated carbocycles. The normalized spacial score (nSPS) is 11.2. The van der Waals surface area contributed by atoms with Crippen molar-refractivity contribution in [2.24, 2.45) is 0 Å². The molecule has 0 spiro atoms. The highest BCUT2D eigenvalue weighted by Gasteiger charge is 2.22. The summed E-state index contributed by atoms with van der Waals surface area (Å²) in [6, 6.07) is 11.5. The van der Waals surface area contributed by atoms with E-state index in [0.29, 0.717) is 17.9 Å². The first-order valence-electron chi connectivity index (χ1n) is 9.52. The van der Waals surface area contributed by atoms with Gasteiger partial charge in [-0.2, -0.15) is 0 Å². The quantitative estimate of drug-likeness (QED) is 0.665. The van der Waals surface area contributed by atoms with E-state index in [1.807, 2.05) is 23.1 Å².